The number of carbonyl (C=O) groups excluding carboxylic acids is 1. The molecular weight excluding hydrogens is 376 g/mol. The Labute approximate surface area is 181 Å². The first kappa shape index (κ1) is 23.9. The third kappa shape index (κ3) is 7.47. The molecule has 164 valence electrons. The minimum Gasteiger partial charge on any atom is -0.491 e. The molecule has 1 atom stereocenters. The summed E-state index contributed by atoms with van der Waals surface area (Å²) in [5.74, 6) is 0.842. The van der Waals surface area contributed by atoms with Crippen LogP contribution in [0.5, 0.6) is 5.75 Å². The van der Waals surface area contributed by atoms with Gasteiger partial charge in [-0.2, -0.15) is 0 Å². The molecular formula is C25H36N2O3. The molecule has 5 nitrogen and oxygen atoms in total. The van der Waals surface area contributed by atoms with Crippen LogP contribution >= 0.6 is 0 Å². The first-order valence-electron chi connectivity index (χ1n) is 10.5. The number of nitrogens with one attached hydrogen (secondary N) is 1. The monoisotopic (exact) mass is 412 g/mol. The number of hydrogen-bond acceptors (Lipinski definition) is 4. The second kappa shape index (κ2) is 10.1. The Hall–Kier alpha value is -2.37. The van der Waals surface area contributed by atoms with E-state index in [0.717, 1.165) is 17.9 Å². The van der Waals surface area contributed by atoms with Gasteiger partial charge in [0.2, 0.25) is 5.91 Å². The molecule has 0 aliphatic rings. The second-order valence-corrected chi connectivity index (χ2v) is 9.50. The zero-order valence-corrected chi connectivity index (χ0v) is 19.1. The van der Waals surface area contributed by atoms with Crippen LogP contribution in [-0.2, 0) is 11.2 Å². The van der Waals surface area contributed by atoms with Crippen molar-refractivity contribution in [1.82, 2.24) is 5.32 Å². The fourth-order valence-electron chi connectivity index (χ4n) is 3.19. The van der Waals surface area contributed by atoms with Gasteiger partial charge in [-0.25, -0.2) is 0 Å². The van der Waals surface area contributed by atoms with Gasteiger partial charge in [0.1, 0.15) is 18.5 Å². The number of nitrogens with zero attached hydrogens (tertiary/aromatic N) is 1. The van der Waals surface area contributed by atoms with E-state index in [1.165, 1.54) is 5.56 Å². The molecule has 0 fully saturated rings. The molecule has 0 saturated heterocycles. The Bertz CT molecular complexity index is 795. The zero-order chi connectivity index (χ0) is 22.4. The van der Waals surface area contributed by atoms with Crippen LogP contribution in [0.1, 0.15) is 40.2 Å². The van der Waals surface area contributed by atoms with Gasteiger partial charge in [0.15, 0.2) is 0 Å². The number of amides is 1. The van der Waals surface area contributed by atoms with Crippen LogP contribution in [0.4, 0.5) is 5.69 Å². The predicted molar refractivity (Wildman–Crippen MR) is 123 cm³/mol. The highest BCUT2D eigenvalue weighted by molar-refractivity contribution is 5.96. The number of para-hydroxylation sites is 1. The molecule has 1 unspecified atom stereocenters. The average Bonchev–Trinajstić information content (AvgIpc) is 2.70. The Morgan fingerprint density at radius 1 is 1.03 bits per heavy atom. The lowest BCUT2D eigenvalue weighted by molar-refractivity contribution is -0.125. The smallest absolute Gasteiger partial charge is 0.232 e. The topological polar surface area (TPSA) is 61.8 Å². The van der Waals surface area contributed by atoms with Crippen LogP contribution in [0, 0.1) is 5.41 Å². The maximum Gasteiger partial charge on any atom is 0.232 e. The predicted octanol–water partition coefficient (Wildman–Crippen LogP) is 4.05. The van der Waals surface area contributed by atoms with Gasteiger partial charge in [-0.15, -0.1) is 0 Å². The molecule has 0 radical (unpaired) electrons. The van der Waals surface area contributed by atoms with Crippen LogP contribution in [0.3, 0.4) is 0 Å². The largest absolute Gasteiger partial charge is 0.491 e. The highest BCUT2D eigenvalue weighted by Gasteiger charge is 2.26. The Morgan fingerprint density at radius 2 is 1.63 bits per heavy atom. The van der Waals surface area contributed by atoms with Gasteiger partial charge in [0.25, 0.3) is 0 Å². The van der Waals surface area contributed by atoms with Crippen LogP contribution in [-0.4, -0.2) is 42.9 Å². The third-order valence-corrected chi connectivity index (χ3v) is 4.92. The summed E-state index contributed by atoms with van der Waals surface area (Å²) in [7, 11) is 1.81. The van der Waals surface area contributed by atoms with E-state index >= 15 is 0 Å². The fourth-order valence-corrected chi connectivity index (χ4v) is 3.19. The molecule has 5 heteroatoms. The lowest BCUT2D eigenvalue weighted by Gasteiger charge is -2.29. The number of rotatable bonds is 9. The normalized spacial score (nSPS) is 13.0. The van der Waals surface area contributed by atoms with Crippen molar-refractivity contribution >= 4 is 11.6 Å². The van der Waals surface area contributed by atoms with Crippen molar-refractivity contribution < 1.29 is 14.6 Å². The van der Waals surface area contributed by atoms with Gasteiger partial charge < -0.3 is 20.1 Å². The molecule has 2 aromatic rings. The average molecular weight is 413 g/mol. The number of aliphatic hydroxyl groups is 1. The van der Waals surface area contributed by atoms with E-state index in [0.29, 0.717) is 6.54 Å². The standard InChI is InChI=1S/C25H36N2O3/c1-24(2,3)23(29)27(6)20-14-12-19(13-15-20)16-25(4,5)26-17-21(28)18-30-22-10-8-7-9-11-22/h7-15,21,26,28H,16-18H2,1-6H3. The van der Waals surface area contributed by atoms with Gasteiger partial charge in [-0.1, -0.05) is 51.1 Å². The molecule has 0 aromatic heterocycles. The second-order valence-electron chi connectivity index (χ2n) is 9.50. The molecule has 2 N–H and O–H groups in total. The fraction of sp³-hybridized carbons (Fsp3) is 0.480. The summed E-state index contributed by atoms with van der Waals surface area (Å²) in [6, 6.07) is 17.6. The van der Waals surface area contributed by atoms with Gasteiger partial charge in [0, 0.05) is 30.2 Å². The number of ether oxygens (including phenoxy) is 1. The molecule has 1 amide bonds. The molecule has 0 saturated carbocycles. The number of β-amino-alcohol motifs (C(OH)–C–C–N with tert-alkyl or cyclic N) is 1. The number of benzene rings is 2. The van der Waals surface area contributed by atoms with E-state index in [2.05, 4.69) is 31.3 Å². The molecule has 2 rings (SSSR count). The van der Waals surface area contributed by atoms with Gasteiger partial charge in [0.05, 0.1) is 0 Å². The SMILES string of the molecule is CN(C(=O)C(C)(C)C)c1ccc(CC(C)(C)NCC(O)COc2ccccc2)cc1. The summed E-state index contributed by atoms with van der Waals surface area (Å²) in [5, 5.41) is 13.7. The van der Waals surface area contributed by atoms with Crippen molar-refractivity contribution in [2.75, 3.05) is 25.1 Å². The summed E-state index contributed by atoms with van der Waals surface area (Å²) in [6.45, 7) is 10.7. The first-order chi connectivity index (χ1) is 14.0. The lowest BCUT2D eigenvalue weighted by atomic mass is 9.93. The number of anilines is 1. The van der Waals surface area contributed by atoms with E-state index in [1.807, 2.05) is 70.3 Å². The van der Waals surface area contributed by atoms with E-state index in [1.54, 1.807) is 4.90 Å². The summed E-state index contributed by atoms with van der Waals surface area (Å²) in [6.07, 6.45) is 0.208. The van der Waals surface area contributed by atoms with Crippen LogP contribution in [0.25, 0.3) is 0 Å². The summed E-state index contributed by atoms with van der Waals surface area (Å²) in [5.41, 5.74) is 1.45. The molecule has 0 heterocycles. The van der Waals surface area contributed by atoms with Crippen molar-refractivity contribution in [3.05, 3.63) is 60.2 Å². The van der Waals surface area contributed by atoms with Crippen LogP contribution in [0.15, 0.2) is 54.6 Å². The van der Waals surface area contributed by atoms with Crippen molar-refractivity contribution in [2.24, 2.45) is 5.41 Å². The van der Waals surface area contributed by atoms with Crippen molar-refractivity contribution in [1.29, 1.82) is 0 Å². The zero-order valence-electron chi connectivity index (χ0n) is 19.1. The summed E-state index contributed by atoms with van der Waals surface area (Å²) in [4.78, 5) is 14.2. The van der Waals surface area contributed by atoms with Crippen LogP contribution < -0.4 is 15.0 Å². The van der Waals surface area contributed by atoms with Crippen molar-refractivity contribution in [2.45, 2.75) is 52.7 Å². The highest BCUT2D eigenvalue weighted by atomic mass is 16.5. The highest BCUT2D eigenvalue weighted by Crippen LogP contribution is 2.23. The van der Waals surface area contributed by atoms with E-state index in [4.69, 9.17) is 4.74 Å². The molecule has 0 aliphatic heterocycles. The first-order valence-corrected chi connectivity index (χ1v) is 10.5. The van der Waals surface area contributed by atoms with Crippen LogP contribution in [0.2, 0.25) is 0 Å². The number of hydrogen-bond donors (Lipinski definition) is 2. The van der Waals surface area contributed by atoms with E-state index < -0.39 is 11.5 Å². The maximum atomic E-state index is 12.5. The van der Waals surface area contributed by atoms with Gasteiger partial charge in [-0.3, -0.25) is 4.79 Å². The molecule has 0 aliphatic carbocycles. The van der Waals surface area contributed by atoms with Gasteiger partial charge >= 0.3 is 0 Å². The van der Waals surface area contributed by atoms with E-state index in [-0.39, 0.29) is 18.1 Å². The maximum absolute atomic E-state index is 12.5. The van der Waals surface area contributed by atoms with Crippen molar-refractivity contribution in [3.8, 4) is 5.75 Å². The summed E-state index contributed by atoms with van der Waals surface area (Å²) < 4.78 is 5.61. The quantitative estimate of drug-likeness (QED) is 0.652. The molecule has 0 spiro atoms. The lowest BCUT2D eigenvalue weighted by Crippen LogP contribution is -2.46. The summed E-state index contributed by atoms with van der Waals surface area (Å²) >= 11 is 0. The molecule has 2 aromatic carbocycles. The van der Waals surface area contributed by atoms with E-state index in [9.17, 15) is 9.90 Å². The molecule has 30 heavy (non-hydrogen) atoms. The van der Waals surface area contributed by atoms with Gasteiger partial charge in [-0.05, 0) is 50.1 Å². The minimum atomic E-state index is -0.594. The van der Waals surface area contributed by atoms with Crippen molar-refractivity contribution in [3.63, 3.8) is 0 Å². The number of carbonyl (C=O) groups is 1. The Kier molecular flexibility index (Phi) is 8.04. The minimum absolute atomic E-state index is 0.0870. The third-order valence-electron chi connectivity index (χ3n) is 4.92. The molecule has 0 bridgehead atoms. The Morgan fingerprint density at radius 3 is 2.20 bits per heavy atom. The Balaban J connectivity index is 1.85. The number of aliphatic hydroxyl groups excluding tert-OH is 1.